The Morgan fingerprint density at radius 1 is 1.25 bits per heavy atom. The summed E-state index contributed by atoms with van der Waals surface area (Å²) in [7, 11) is 1.64. The van der Waals surface area contributed by atoms with Crippen LogP contribution in [0.3, 0.4) is 0 Å². The predicted molar refractivity (Wildman–Crippen MR) is 96.2 cm³/mol. The lowest BCUT2D eigenvalue weighted by Gasteiger charge is -2.16. The summed E-state index contributed by atoms with van der Waals surface area (Å²) in [5.41, 5.74) is 5.06. The number of rotatable bonds is 7. The molecular weight excluding hydrogens is 302 g/mol. The van der Waals surface area contributed by atoms with Crippen LogP contribution in [0.1, 0.15) is 42.0 Å². The van der Waals surface area contributed by atoms with Crippen molar-refractivity contribution in [2.45, 2.75) is 46.7 Å². The fourth-order valence-corrected chi connectivity index (χ4v) is 2.94. The highest BCUT2D eigenvalue weighted by molar-refractivity contribution is 5.95. The largest absolute Gasteiger partial charge is 0.383 e. The molecule has 0 saturated heterocycles. The van der Waals surface area contributed by atoms with Crippen molar-refractivity contribution in [3.8, 4) is 11.1 Å². The van der Waals surface area contributed by atoms with Crippen molar-refractivity contribution in [3.63, 3.8) is 0 Å². The van der Waals surface area contributed by atoms with Crippen LogP contribution < -0.4 is 5.32 Å². The third-order valence-electron chi connectivity index (χ3n) is 4.31. The number of nitrogens with one attached hydrogen (secondary N) is 1. The summed E-state index contributed by atoms with van der Waals surface area (Å²) in [6, 6.07) is 7.75. The summed E-state index contributed by atoms with van der Waals surface area (Å²) in [4.78, 5) is 12.3. The average Bonchev–Trinajstić information content (AvgIpc) is 2.88. The molecule has 1 N–H and O–H groups in total. The van der Waals surface area contributed by atoms with E-state index in [-0.39, 0.29) is 11.9 Å². The van der Waals surface area contributed by atoms with E-state index in [2.05, 4.69) is 24.3 Å². The van der Waals surface area contributed by atoms with Gasteiger partial charge in [-0.3, -0.25) is 9.48 Å². The molecule has 1 aromatic heterocycles. The number of nitrogens with zero attached hydrogens (tertiary/aromatic N) is 2. The van der Waals surface area contributed by atoms with Crippen LogP contribution >= 0.6 is 0 Å². The van der Waals surface area contributed by atoms with E-state index in [4.69, 9.17) is 4.74 Å². The number of amides is 1. The highest BCUT2D eigenvalue weighted by Gasteiger charge is 2.15. The Hall–Kier alpha value is -2.14. The van der Waals surface area contributed by atoms with Crippen molar-refractivity contribution in [1.29, 1.82) is 0 Å². The first-order valence-corrected chi connectivity index (χ1v) is 8.46. The van der Waals surface area contributed by atoms with Gasteiger partial charge in [0.2, 0.25) is 0 Å². The predicted octanol–water partition coefficient (Wildman–Crippen LogP) is 3.34. The lowest BCUT2D eigenvalue weighted by atomic mass is 10.0. The molecular formula is C19H27N3O2. The standard InChI is InChI=1S/C19H27N3O2/c1-6-17(12-24-5)20-19(23)16-10-8-15(9-11-16)18-13(3)21-22(7-2)14(18)4/h8-11,17H,6-7,12H2,1-5H3,(H,20,23)/t17-/m0/s1. The highest BCUT2D eigenvalue weighted by Crippen LogP contribution is 2.27. The number of benzene rings is 1. The molecule has 1 amide bonds. The van der Waals surface area contributed by atoms with Gasteiger partial charge in [-0.25, -0.2) is 0 Å². The molecule has 24 heavy (non-hydrogen) atoms. The van der Waals surface area contributed by atoms with Gasteiger partial charge in [-0.05, 0) is 44.9 Å². The van der Waals surface area contributed by atoms with E-state index >= 15 is 0 Å². The van der Waals surface area contributed by atoms with Gasteiger partial charge in [-0.2, -0.15) is 5.10 Å². The topological polar surface area (TPSA) is 56.1 Å². The van der Waals surface area contributed by atoms with Gasteiger partial charge in [0.05, 0.1) is 18.3 Å². The first-order chi connectivity index (χ1) is 11.5. The summed E-state index contributed by atoms with van der Waals surface area (Å²) < 4.78 is 7.13. The minimum absolute atomic E-state index is 0.0365. The Balaban J connectivity index is 2.19. The van der Waals surface area contributed by atoms with Crippen molar-refractivity contribution in [1.82, 2.24) is 15.1 Å². The Morgan fingerprint density at radius 3 is 2.42 bits per heavy atom. The number of hydrogen-bond donors (Lipinski definition) is 1. The third-order valence-corrected chi connectivity index (χ3v) is 4.31. The monoisotopic (exact) mass is 329 g/mol. The molecule has 2 aromatic rings. The molecule has 5 nitrogen and oxygen atoms in total. The maximum atomic E-state index is 12.3. The fourth-order valence-electron chi connectivity index (χ4n) is 2.94. The molecule has 0 aliphatic heterocycles. The summed E-state index contributed by atoms with van der Waals surface area (Å²) >= 11 is 0. The second kappa shape index (κ2) is 8.11. The third kappa shape index (κ3) is 3.85. The van der Waals surface area contributed by atoms with Gasteiger partial charge < -0.3 is 10.1 Å². The number of aromatic nitrogens is 2. The van der Waals surface area contributed by atoms with Gasteiger partial charge in [-0.1, -0.05) is 19.1 Å². The Morgan fingerprint density at radius 2 is 1.92 bits per heavy atom. The molecule has 0 fully saturated rings. The lowest BCUT2D eigenvalue weighted by molar-refractivity contribution is 0.0894. The summed E-state index contributed by atoms with van der Waals surface area (Å²) in [6.07, 6.45) is 0.840. The molecule has 0 bridgehead atoms. The minimum Gasteiger partial charge on any atom is -0.383 e. The van der Waals surface area contributed by atoms with Crippen LogP contribution in [0.15, 0.2) is 24.3 Å². The highest BCUT2D eigenvalue weighted by atomic mass is 16.5. The number of ether oxygens (including phenoxy) is 1. The van der Waals surface area contributed by atoms with Crippen LogP contribution in [0, 0.1) is 13.8 Å². The van der Waals surface area contributed by atoms with Gasteiger partial charge in [0.25, 0.3) is 5.91 Å². The van der Waals surface area contributed by atoms with Crippen LogP contribution in [0.2, 0.25) is 0 Å². The minimum atomic E-state index is -0.0665. The van der Waals surface area contributed by atoms with Crippen LogP contribution in [-0.4, -0.2) is 35.4 Å². The number of methoxy groups -OCH3 is 1. The van der Waals surface area contributed by atoms with Crippen molar-refractivity contribution < 1.29 is 9.53 Å². The quantitative estimate of drug-likeness (QED) is 0.847. The Labute approximate surface area is 144 Å². The van der Waals surface area contributed by atoms with E-state index in [0.29, 0.717) is 12.2 Å². The second-order valence-corrected chi connectivity index (χ2v) is 5.97. The molecule has 130 valence electrons. The number of aryl methyl sites for hydroxylation is 2. The van der Waals surface area contributed by atoms with Crippen LogP contribution in [0.25, 0.3) is 11.1 Å². The molecule has 0 saturated carbocycles. The van der Waals surface area contributed by atoms with Gasteiger partial charge in [0.1, 0.15) is 0 Å². The maximum Gasteiger partial charge on any atom is 0.251 e. The van der Waals surface area contributed by atoms with Gasteiger partial charge in [0.15, 0.2) is 0 Å². The van der Waals surface area contributed by atoms with Gasteiger partial charge in [-0.15, -0.1) is 0 Å². The van der Waals surface area contributed by atoms with Gasteiger partial charge >= 0.3 is 0 Å². The number of hydrogen-bond acceptors (Lipinski definition) is 3. The molecule has 0 radical (unpaired) electrons. The van der Waals surface area contributed by atoms with Crippen molar-refractivity contribution in [3.05, 3.63) is 41.2 Å². The van der Waals surface area contributed by atoms with Crippen LogP contribution in [0.5, 0.6) is 0 Å². The lowest BCUT2D eigenvalue weighted by Crippen LogP contribution is -2.37. The van der Waals surface area contributed by atoms with Crippen molar-refractivity contribution in [2.75, 3.05) is 13.7 Å². The molecule has 0 aliphatic carbocycles. The van der Waals surface area contributed by atoms with E-state index in [1.807, 2.05) is 42.8 Å². The summed E-state index contributed by atoms with van der Waals surface area (Å²) in [5.74, 6) is -0.0665. The maximum absolute atomic E-state index is 12.3. The normalized spacial score (nSPS) is 12.2. The first-order valence-electron chi connectivity index (χ1n) is 8.46. The zero-order valence-corrected chi connectivity index (χ0v) is 15.2. The van der Waals surface area contributed by atoms with E-state index in [1.165, 1.54) is 0 Å². The Kier molecular flexibility index (Phi) is 6.15. The van der Waals surface area contributed by atoms with E-state index in [1.54, 1.807) is 7.11 Å². The van der Waals surface area contributed by atoms with E-state index in [0.717, 1.165) is 35.5 Å². The number of carbonyl (C=O) groups is 1. The molecule has 1 atom stereocenters. The zero-order chi connectivity index (χ0) is 17.7. The first kappa shape index (κ1) is 18.2. The summed E-state index contributed by atoms with van der Waals surface area (Å²) in [5, 5.41) is 7.56. The fraction of sp³-hybridized carbons (Fsp3) is 0.474. The molecule has 2 rings (SSSR count). The van der Waals surface area contributed by atoms with Crippen molar-refractivity contribution >= 4 is 5.91 Å². The number of carbonyl (C=O) groups excluding carboxylic acids is 1. The molecule has 1 heterocycles. The zero-order valence-electron chi connectivity index (χ0n) is 15.2. The average molecular weight is 329 g/mol. The molecule has 1 aromatic carbocycles. The van der Waals surface area contributed by atoms with E-state index < -0.39 is 0 Å². The van der Waals surface area contributed by atoms with Crippen LogP contribution in [0.4, 0.5) is 0 Å². The summed E-state index contributed by atoms with van der Waals surface area (Å²) in [6.45, 7) is 9.59. The molecule has 0 aliphatic rings. The Bertz CT molecular complexity index is 689. The smallest absolute Gasteiger partial charge is 0.251 e. The molecule has 5 heteroatoms. The van der Waals surface area contributed by atoms with Crippen molar-refractivity contribution in [2.24, 2.45) is 0 Å². The second-order valence-electron chi connectivity index (χ2n) is 5.97. The van der Waals surface area contributed by atoms with Crippen LogP contribution in [-0.2, 0) is 11.3 Å². The molecule has 0 unspecified atom stereocenters. The van der Waals surface area contributed by atoms with E-state index in [9.17, 15) is 4.79 Å². The van der Waals surface area contributed by atoms with Gasteiger partial charge in [0, 0.05) is 30.5 Å². The SMILES string of the molecule is CC[C@@H](COC)NC(=O)c1ccc(-c2c(C)nn(CC)c2C)cc1. The molecule has 0 spiro atoms.